The maximum absolute atomic E-state index is 13.3. The fraction of sp³-hybridized carbons (Fsp3) is 0.174. The number of aromatic nitrogens is 2. The second-order valence-corrected chi connectivity index (χ2v) is 10.1. The van der Waals surface area contributed by atoms with Crippen molar-refractivity contribution in [3.8, 4) is 10.4 Å². The Hall–Kier alpha value is -2.75. The number of halogens is 1. The fourth-order valence-corrected chi connectivity index (χ4v) is 5.89. The van der Waals surface area contributed by atoms with E-state index in [9.17, 15) is 14.0 Å². The van der Waals surface area contributed by atoms with Crippen LogP contribution < -0.4 is 10.9 Å². The highest BCUT2D eigenvalue weighted by atomic mass is 32.2. The molecule has 0 saturated heterocycles. The molecule has 0 aliphatic rings. The van der Waals surface area contributed by atoms with E-state index in [1.165, 1.54) is 35.2 Å². The maximum Gasteiger partial charge on any atom is 0.263 e. The lowest BCUT2D eigenvalue weighted by Gasteiger charge is -2.15. The van der Waals surface area contributed by atoms with E-state index in [1.807, 2.05) is 22.9 Å². The summed E-state index contributed by atoms with van der Waals surface area (Å²) >= 11 is 4.23. The van der Waals surface area contributed by atoms with Crippen molar-refractivity contribution in [1.82, 2.24) is 14.9 Å². The molecular formula is C23H20FN3O2S3. The second-order valence-electron chi connectivity index (χ2n) is 7.01. The van der Waals surface area contributed by atoms with Gasteiger partial charge in [-0.2, -0.15) is 0 Å². The van der Waals surface area contributed by atoms with Gasteiger partial charge in [0.05, 0.1) is 10.6 Å². The summed E-state index contributed by atoms with van der Waals surface area (Å²) in [5.41, 5.74) is 1.55. The second kappa shape index (κ2) is 9.81. The fourth-order valence-electron chi connectivity index (χ4n) is 3.15. The molecule has 0 radical (unpaired) electrons. The van der Waals surface area contributed by atoms with Gasteiger partial charge in [0.15, 0.2) is 5.16 Å². The molecule has 0 aliphatic carbocycles. The van der Waals surface area contributed by atoms with Gasteiger partial charge in [0.1, 0.15) is 10.6 Å². The largest absolute Gasteiger partial charge is 0.351 e. The number of carbonyl (C=O) groups is 1. The van der Waals surface area contributed by atoms with Gasteiger partial charge >= 0.3 is 0 Å². The summed E-state index contributed by atoms with van der Waals surface area (Å²) in [6.07, 6.45) is 1.65. The zero-order chi connectivity index (χ0) is 22.7. The first kappa shape index (κ1) is 22.4. The van der Waals surface area contributed by atoms with Crippen LogP contribution in [-0.2, 0) is 17.9 Å². The molecule has 3 aromatic heterocycles. The van der Waals surface area contributed by atoms with Gasteiger partial charge in [0, 0.05) is 28.9 Å². The van der Waals surface area contributed by atoms with Crippen molar-refractivity contribution in [2.45, 2.75) is 30.4 Å². The molecule has 1 atom stereocenters. The number of rotatable bonds is 8. The number of benzene rings is 1. The number of fused-ring (bicyclic) bond motifs is 1. The lowest BCUT2D eigenvalue weighted by molar-refractivity contribution is -0.120. The molecule has 4 aromatic rings. The molecule has 0 aliphatic heterocycles. The van der Waals surface area contributed by atoms with E-state index in [4.69, 9.17) is 4.98 Å². The van der Waals surface area contributed by atoms with Crippen molar-refractivity contribution in [1.29, 1.82) is 0 Å². The summed E-state index contributed by atoms with van der Waals surface area (Å²) in [6.45, 7) is 6.13. The standard InChI is InChI=1S/C23H20FN3O2S3/c1-3-10-27-22(29)19-17(18-5-4-11-30-18)13-31-21(19)26-23(27)32-14(2)20(28)25-12-15-6-8-16(24)9-7-15/h3-9,11,13-14H,1,10,12H2,2H3,(H,25,28). The van der Waals surface area contributed by atoms with Crippen LogP contribution >= 0.6 is 34.4 Å². The Labute approximate surface area is 196 Å². The van der Waals surface area contributed by atoms with Gasteiger partial charge in [0.25, 0.3) is 5.56 Å². The van der Waals surface area contributed by atoms with Crippen molar-refractivity contribution in [2.75, 3.05) is 0 Å². The number of thiophene rings is 2. The summed E-state index contributed by atoms with van der Waals surface area (Å²) in [5.74, 6) is -0.509. The third-order valence-electron chi connectivity index (χ3n) is 4.79. The quantitative estimate of drug-likeness (QED) is 0.209. The Morgan fingerprint density at radius 3 is 2.78 bits per heavy atom. The van der Waals surface area contributed by atoms with Gasteiger partial charge in [-0.15, -0.1) is 29.3 Å². The summed E-state index contributed by atoms with van der Waals surface area (Å²) in [4.78, 5) is 32.4. The highest BCUT2D eigenvalue weighted by Crippen LogP contribution is 2.35. The summed E-state index contributed by atoms with van der Waals surface area (Å²) in [7, 11) is 0. The molecule has 164 valence electrons. The molecule has 0 spiro atoms. The molecule has 32 heavy (non-hydrogen) atoms. The van der Waals surface area contributed by atoms with Crippen molar-refractivity contribution >= 4 is 50.6 Å². The molecule has 1 amide bonds. The first-order valence-electron chi connectivity index (χ1n) is 9.83. The van der Waals surface area contributed by atoms with Crippen LogP contribution in [0.25, 0.3) is 20.7 Å². The number of allylic oxidation sites excluding steroid dienone is 1. The lowest BCUT2D eigenvalue weighted by Crippen LogP contribution is -2.31. The normalized spacial score (nSPS) is 12.1. The first-order chi connectivity index (χ1) is 15.5. The molecule has 3 heterocycles. The average molecular weight is 486 g/mol. The van der Waals surface area contributed by atoms with Crippen LogP contribution in [0.4, 0.5) is 4.39 Å². The Bertz CT molecular complexity index is 1310. The molecule has 1 unspecified atom stereocenters. The van der Waals surface area contributed by atoms with Crippen LogP contribution in [0.15, 0.2) is 69.8 Å². The Morgan fingerprint density at radius 2 is 2.09 bits per heavy atom. The Kier molecular flexibility index (Phi) is 6.88. The minimum absolute atomic E-state index is 0.138. The third-order valence-corrected chi connectivity index (χ3v) is 7.65. The van der Waals surface area contributed by atoms with E-state index < -0.39 is 5.25 Å². The minimum Gasteiger partial charge on any atom is -0.351 e. The number of hydrogen-bond acceptors (Lipinski definition) is 6. The van der Waals surface area contributed by atoms with Crippen LogP contribution in [-0.4, -0.2) is 20.7 Å². The number of nitrogens with one attached hydrogen (secondary N) is 1. The van der Waals surface area contributed by atoms with E-state index in [0.29, 0.717) is 28.5 Å². The Morgan fingerprint density at radius 1 is 1.31 bits per heavy atom. The van der Waals surface area contributed by atoms with E-state index >= 15 is 0 Å². The molecular weight excluding hydrogens is 465 g/mol. The summed E-state index contributed by atoms with van der Waals surface area (Å²) in [6, 6.07) is 9.92. The van der Waals surface area contributed by atoms with Crippen LogP contribution in [0.5, 0.6) is 0 Å². The predicted molar refractivity (Wildman–Crippen MR) is 131 cm³/mol. The molecule has 0 fully saturated rings. The zero-order valence-corrected chi connectivity index (χ0v) is 19.7. The number of nitrogens with zero attached hydrogens (tertiary/aromatic N) is 2. The van der Waals surface area contributed by atoms with Crippen molar-refractivity contribution in [3.05, 3.63) is 81.5 Å². The highest BCUT2D eigenvalue weighted by Gasteiger charge is 2.21. The monoisotopic (exact) mass is 485 g/mol. The van der Waals surface area contributed by atoms with Crippen molar-refractivity contribution < 1.29 is 9.18 Å². The van der Waals surface area contributed by atoms with Crippen LogP contribution in [0.3, 0.4) is 0 Å². The van der Waals surface area contributed by atoms with Gasteiger partial charge in [0.2, 0.25) is 5.91 Å². The SMILES string of the molecule is C=CCn1c(SC(C)C(=O)NCc2ccc(F)cc2)nc2scc(-c3cccs3)c2c1=O. The van der Waals surface area contributed by atoms with Crippen LogP contribution in [0.2, 0.25) is 0 Å². The van der Waals surface area contributed by atoms with E-state index in [0.717, 1.165) is 16.0 Å². The van der Waals surface area contributed by atoms with Crippen LogP contribution in [0, 0.1) is 5.82 Å². The molecule has 0 saturated carbocycles. The number of thioether (sulfide) groups is 1. The van der Waals surface area contributed by atoms with E-state index in [1.54, 1.807) is 41.0 Å². The zero-order valence-electron chi connectivity index (χ0n) is 17.2. The van der Waals surface area contributed by atoms with Crippen molar-refractivity contribution in [2.24, 2.45) is 0 Å². The minimum atomic E-state index is -0.479. The van der Waals surface area contributed by atoms with Gasteiger partial charge in [-0.3, -0.25) is 14.2 Å². The third kappa shape index (κ3) is 4.69. The number of carbonyl (C=O) groups excluding carboxylic acids is 1. The average Bonchev–Trinajstić information content (AvgIpc) is 3.45. The summed E-state index contributed by atoms with van der Waals surface area (Å²) < 4.78 is 14.6. The van der Waals surface area contributed by atoms with Gasteiger partial charge in [-0.05, 0) is 36.1 Å². The molecule has 5 nitrogen and oxygen atoms in total. The first-order valence-corrected chi connectivity index (χ1v) is 12.5. The number of amides is 1. The molecule has 1 N–H and O–H groups in total. The highest BCUT2D eigenvalue weighted by molar-refractivity contribution is 8.00. The number of hydrogen-bond donors (Lipinski definition) is 1. The van der Waals surface area contributed by atoms with Crippen molar-refractivity contribution in [3.63, 3.8) is 0 Å². The molecule has 1 aromatic carbocycles. The van der Waals surface area contributed by atoms with E-state index in [2.05, 4.69) is 11.9 Å². The topological polar surface area (TPSA) is 64.0 Å². The molecule has 9 heteroatoms. The summed E-state index contributed by atoms with van der Waals surface area (Å²) in [5, 5.41) is 7.38. The molecule has 0 bridgehead atoms. The van der Waals surface area contributed by atoms with Gasteiger partial charge in [-0.1, -0.05) is 36.0 Å². The smallest absolute Gasteiger partial charge is 0.263 e. The maximum atomic E-state index is 13.3. The van der Waals surface area contributed by atoms with Gasteiger partial charge < -0.3 is 5.32 Å². The van der Waals surface area contributed by atoms with Crippen LogP contribution in [0.1, 0.15) is 12.5 Å². The predicted octanol–water partition coefficient (Wildman–Crippen LogP) is 5.31. The molecule has 4 rings (SSSR count). The van der Waals surface area contributed by atoms with E-state index in [-0.39, 0.29) is 17.3 Å². The lowest BCUT2D eigenvalue weighted by atomic mass is 10.2. The Balaban J connectivity index is 1.58. The van der Waals surface area contributed by atoms with Gasteiger partial charge in [-0.25, -0.2) is 9.37 Å².